The molecule has 1 saturated heterocycles. The van der Waals surface area contributed by atoms with Gasteiger partial charge in [0.1, 0.15) is 0 Å². The average Bonchev–Trinajstić information content (AvgIpc) is 3.00. The molecule has 1 unspecified atom stereocenters. The van der Waals surface area contributed by atoms with Crippen molar-refractivity contribution in [3.05, 3.63) is 48.5 Å². The minimum absolute atomic E-state index is 0.0489. The van der Waals surface area contributed by atoms with E-state index in [1.807, 2.05) is 47.1 Å². The highest BCUT2D eigenvalue weighted by atomic mass is 16.2. The van der Waals surface area contributed by atoms with Gasteiger partial charge >= 0.3 is 0 Å². The van der Waals surface area contributed by atoms with Crippen molar-refractivity contribution < 1.29 is 4.79 Å². The van der Waals surface area contributed by atoms with Gasteiger partial charge < -0.3 is 4.90 Å². The van der Waals surface area contributed by atoms with Crippen LogP contribution in [-0.2, 0) is 17.9 Å². The van der Waals surface area contributed by atoms with Crippen molar-refractivity contribution in [2.45, 2.75) is 26.4 Å². The lowest BCUT2D eigenvalue weighted by atomic mass is 10.1. The fourth-order valence-corrected chi connectivity index (χ4v) is 3.15. The lowest BCUT2D eigenvalue weighted by Gasteiger charge is -2.24. The van der Waals surface area contributed by atoms with E-state index in [-0.39, 0.29) is 11.8 Å². The van der Waals surface area contributed by atoms with Crippen molar-refractivity contribution in [1.29, 1.82) is 0 Å². The molecule has 1 aliphatic rings. The minimum atomic E-state index is -0.0489. The smallest absolute Gasteiger partial charge is 0.227 e. The Kier molecular flexibility index (Phi) is 5.59. The van der Waals surface area contributed by atoms with Gasteiger partial charge in [-0.3, -0.25) is 19.4 Å². The first-order valence-corrected chi connectivity index (χ1v) is 8.61. The maximum Gasteiger partial charge on any atom is 0.227 e. The molecule has 0 aromatic carbocycles. The van der Waals surface area contributed by atoms with Gasteiger partial charge in [0.05, 0.1) is 18.2 Å². The molecule has 3 rings (SSSR count). The SMILES string of the molecule is CC(Cn1cccn1)C(=O)N1CCCN(Cc2ccccn2)CC1. The van der Waals surface area contributed by atoms with Crippen molar-refractivity contribution in [2.24, 2.45) is 5.92 Å². The first-order chi connectivity index (χ1) is 11.7. The molecule has 2 aromatic rings. The Bertz CT molecular complexity index is 628. The maximum absolute atomic E-state index is 12.7. The number of nitrogens with zero attached hydrogens (tertiary/aromatic N) is 5. The van der Waals surface area contributed by atoms with Gasteiger partial charge in [-0.15, -0.1) is 0 Å². The average molecular weight is 327 g/mol. The highest BCUT2D eigenvalue weighted by Gasteiger charge is 2.23. The number of carbonyl (C=O) groups is 1. The van der Waals surface area contributed by atoms with E-state index in [1.165, 1.54) is 0 Å². The fraction of sp³-hybridized carbons (Fsp3) is 0.500. The molecule has 2 aromatic heterocycles. The van der Waals surface area contributed by atoms with E-state index >= 15 is 0 Å². The summed E-state index contributed by atoms with van der Waals surface area (Å²) >= 11 is 0. The topological polar surface area (TPSA) is 54.3 Å². The number of hydrogen-bond donors (Lipinski definition) is 0. The van der Waals surface area contributed by atoms with Crippen LogP contribution in [0.5, 0.6) is 0 Å². The van der Waals surface area contributed by atoms with E-state index in [0.29, 0.717) is 6.54 Å². The van der Waals surface area contributed by atoms with Crippen LogP contribution in [0.3, 0.4) is 0 Å². The number of aromatic nitrogens is 3. The Labute approximate surface area is 143 Å². The molecule has 1 atom stereocenters. The molecule has 0 saturated carbocycles. The van der Waals surface area contributed by atoms with Crippen LogP contribution in [0.4, 0.5) is 0 Å². The van der Waals surface area contributed by atoms with Crippen LogP contribution >= 0.6 is 0 Å². The first-order valence-electron chi connectivity index (χ1n) is 8.61. The van der Waals surface area contributed by atoms with Crippen molar-refractivity contribution in [3.63, 3.8) is 0 Å². The lowest BCUT2D eigenvalue weighted by molar-refractivity contribution is -0.135. The molecule has 1 aliphatic heterocycles. The summed E-state index contributed by atoms with van der Waals surface area (Å²) in [6, 6.07) is 7.90. The number of amides is 1. The second-order valence-electron chi connectivity index (χ2n) is 6.41. The molecular formula is C18H25N5O. The normalized spacial score (nSPS) is 17.5. The quantitative estimate of drug-likeness (QED) is 0.838. The van der Waals surface area contributed by atoms with Gasteiger partial charge in [0.2, 0.25) is 5.91 Å². The summed E-state index contributed by atoms with van der Waals surface area (Å²) in [5, 5.41) is 4.19. The minimum Gasteiger partial charge on any atom is -0.341 e. The lowest BCUT2D eigenvalue weighted by Crippen LogP contribution is -2.39. The van der Waals surface area contributed by atoms with Gasteiger partial charge in [-0.1, -0.05) is 13.0 Å². The van der Waals surface area contributed by atoms with Gasteiger partial charge in [0, 0.05) is 51.3 Å². The fourth-order valence-electron chi connectivity index (χ4n) is 3.15. The van der Waals surface area contributed by atoms with Crippen molar-refractivity contribution >= 4 is 5.91 Å². The van der Waals surface area contributed by atoms with E-state index < -0.39 is 0 Å². The first kappa shape index (κ1) is 16.6. The summed E-state index contributed by atoms with van der Waals surface area (Å²) < 4.78 is 1.83. The third kappa shape index (κ3) is 4.41. The zero-order chi connectivity index (χ0) is 16.8. The van der Waals surface area contributed by atoms with E-state index in [2.05, 4.69) is 21.0 Å². The molecule has 1 amide bonds. The Hall–Kier alpha value is -2.21. The van der Waals surface area contributed by atoms with Gasteiger partial charge in [-0.25, -0.2) is 0 Å². The van der Waals surface area contributed by atoms with E-state index in [9.17, 15) is 4.79 Å². The molecule has 0 N–H and O–H groups in total. The van der Waals surface area contributed by atoms with Gasteiger partial charge in [-0.2, -0.15) is 5.10 Å². The summed E-state index contributed by atoms with van der Waals surface area (Å²) in [5.41, 5.74) is 1.09. The molecule has 128 valence electrons. The van der Waals surface area contributed by atoms with Gasteiger partial charge in [0.25, 0.3) is 0 Å². The maximum atomic E-state index is 12.7. The molecule has 3 heterocycles. The number of pyridine rings is 1. The third-order valence-electron chi connectivity index (χ3n) is 4.45. The predicted octanol–water partition coefficient (Wildman–Crippen LogP) is 1.65. The Balaban J connectivity index is 1.52. The second-order valence-corrected chi connectivity index (χ2v) is 6.41. The molecule has 6 nitrogen and oxygen atoms in total. The standard InChI is InChI=1S/C18H25N5O/c1-16(14-23-11-4-8-20-23)18(24)22-10-5-9-21(12-13-22)15-17-6-2-3-7-19-17/h2-4,6-8,11,16H,5,9-10,12-15H2,1H3. The highest BCUT2D eigenvalue weighted by molar-refractivity contribution is 5.78. The second kappa shape index (κ2) is 8.06. The highest BCUT2D eigenvalue weighted by Crippen LogP contribution is 2.11. The third-order valence-corrected chi connectivity index (χ3v) is 4.45. The Morgan fingerprint density at radius 2 is 2.08 bits per heavy atom. The number of rotatable bonds is 5. The molecule has 0 bridgehead atoms. The summed E-state index contributed by atoms with van der Waals surface area (Å²) in [6.07, 6.45) is 6.49. The summed E-state index contributed by atoms with van der Waals surface area (Å²) in [5.74, 6) is 0.178. The summed E-state index contributed by atoms with van der Waals surface area (Å²) in [6.45, 7) is 7.01. The van der Waals surface area contributed by atoms with Crippen LogP contribution in [0, 0.1) is 5.92 Å². The summed E-state index contributed by atoms with van der Waals surface area (Å²) in [4.78, 5) is 21.5. The van der Waals surface area contributed by atoms with Gasteiger partial charge in [-0.05, 0) is 24.6 Å². The largest absolute Gasteiger partial charge is 0.341 e. The molecule has 1 fully saturated rings. The van der Waals surface area contributed by atoms with Crippen molar-refractivity contribution in [1.82, 2.24) is 24.6 Å². The van der Waals surface area contributed by atoms with E-state index in [1.54, 1.807) is 6.20 Å². The van der Waals surface area contributed by atoms with Gasteiger partial charge in [0.15, 0.2) is 0 Å². The van der Waals surface area contributed by atoms with Crippen molar-refractivity contribution in [3.8, 4) is 0 Å². The molecular weight excluding hydrogens is 302 g/mol. The Morgan fingerprint density at radius 3 is 2.83 bits per heavy atom. The zero-order valence-electron chi connectivity index (χ0n) is 14.2. The molecule has 0 aliphatic carbocycles. The van der Waals surface area contributed by atoms with Crippen LogP contribution < -0.4 is 0 Å². The van der Waals surface area contributed by atoms with Crippen LogP contribution in [0.25, 0.3) is 0 Å². The summed E-state index contributed by atoms with van der Waals surface area (Å²) in [7, 11) is 0. The van der Waals surface area contributed by atoms with Crippen LogP contribution in [-0.4, -0.2) is 56.7 Å². The van der Waals surface area contributed by atoms with Crippen LogP contribution in [0.15, 0.2) is 42.9 Å². The monoisotopic (exact) mass is 327 g/mol. The van der Waals surface area contributed by atoms with Crippen molar-refractivity contribution in [2.75, 3.05) is 26.2 Å². The number of hydrogen-bond acceptors (Lipinski definition) is 4. The van der Waals surface area contributed by atoms with E-state index in [0.717, 1.165) is 44.8 Å². The van der Waals surface area contributed by atoms with Crippen LogP contribution in [0.2, 0.25) is 0 Å². The number of carbonyl (C=O) groups excluding carboxylic acids is 1. The zero-order valence-corrected chi connectivity index (χ0v) is 14.2. The molecule has 0 spiro atoms. The molecule has 24 heavy (non-hydrogen) atoms. The predicted molar refractivity (Wildman–Crippen MR) is 92.1 cm³/mol. The molecule has 0 radical (unpaired) electrons. The van der Waals surface area contributed by atoms with Crippen LogP contribution in [0.1, 0.15) is 19.0 Å². The van der Waals surface area contributed by atoms with E-state index in [4.69, 9.17) is 0 Å². The Morgan fingerprint density at radius 1 is 1.17 bits per heavy atom. The molecule has 6 heteroatoms.